The van der Waals surface area contributed by atoms with Crippen molar-refractivity contribution in [3.63, 3.8) is 0 Å². The van der Waals surface area contributed by atoms with Gasteiger partial charge >= 0.3 is 0 Å². The first-order valence-corrected chi connectivity index (χ1v) is 14.9. The monoisotopic (exact) mass is 671 g/mol. The fourth-order valence-corrected chi connectivity index (χ4v) is 5.55. The van der Waals surface area contributed by atoms with E-state index < -0.39 is 11.6 Å². The lowest BCUT2D eigenvalue weighted by atomic mass is 9.82. The van der Waals surface area contributed by atoms with Crippen molar-refractivity contribution >= 4 is 43.7 Å². The van der Waals surface area contributed by atoms with Gasteiger partial charge in [-0.2, -0.15) is 0 Å². The van der Waals surface area contributed by atoms with Gasteiger partial charge in [0.1, 0.15) is 5.75 Å². The Morgan fingerprint density at radius 1 is 1.02 bits per heavy atom. The van der Waals surface area contributed by atoms with Gasteiger partial charge in [0.05, 0.1) is 6.61 Å². The second-order valence-electron chi connectivity index (χ2n) is 9.99. The molecule has 1 aliphatic rings. The van der Waals surface area contributed by atoms with Crippen LogP contribution in [-0.4, -0.2) is 67.7 Å². The summed E-state index contributed by atoms with van der Waals surface area (Å²) in [5, 5.41) is 12.2. The number of carbonyl (C=O) groups excluding carboxylic acids is 1. The second kappa shape index (κ2) is 14.3. The quantitative estimate of drug-likeness (QED) is 0.233. The van der Waals surface area contributed by atoms with E-state index in [1.54, 1.807) is 0 Å². The lowest BCUT2D eigenvalue weighted by molar-refractivity contribution is -0.129. The minimum Gasteiger partial charge on any atom is -0.494 e. The number of hydrogen-bond acceptors (Lipinski definition) is 6. The minimum absolute atomic E-state index is 0.0793. The molecule has 3 aromatic carbocycles. The normalized spacial score (nSPS) is 18.4. The van der Waals surface area contributed by atoms with Crippen molar-refractivity contribution < 1.29 is 19.4 Å². The van der Waals surface area contributed by atoms with Gasteiger partial charge in [-0.05, 0) is 69.0 Å². The molecular formula is C31H35Br2N3O4. The summed E-state index contributed by atoms with van der Waals surface area (Å²) in [6, 6.07) is 23.2. The number of nitrogens with one attached hydrogen (secondary N) is 1. The first-order valence-electron chi connectivity index (χ1n) is 13.4. The van der Waals surface area contributed by atoms with E-state index >= 15 is 0 Å². The summed E-state index contributed by atoms with van der Waals surface area (Å²) in [5.41, 5.74) is 1.31. The van der Waals surface area contributed by atoms with Gasteiger partial charge in [0.25, 0.3) is 5.91 Å². The largest absolute Gasteiger partial charge is 0.494 e. The van der Waals surface area contributed by atoms with Gasteiger partial charge in [-0.1, -0.05) is 68.3 Å². The third kappa shape index (κ3) is 7.32. The lowest BCUT2D eigenvalue weighted by Crippen LogP contribution is -2.50. The van der Waals surface area contributed by atoms with Crippen LogP contribution >= 0.6 is 31.9 Å². The number of benzene rings is 3. The zero-order chi connectivity index (χ0) is 28.5. The van der Waals surface area contributed by atoms with Crippen LogP contribution in [0.4, 0.5) is 0 Å². The Balaban J connectivity index is 1.75. The summed E-state index contributed by atoms with van der Waals surface area (Å²) in [6.07, 6.45) is 1.05. The SMILES string of the molecule is CN(C)CCCNC(=O)[C@]1(Cc2ccccc2Br)N=C(c2ccc(OCCCO)cc2)O[C@@H]1c1ccccc1Br. The fourth-order valence-electron chi connectivity index (χ4n) is 4.63. The molecule has 9 heteroatoms. The maximum absolute atomic E-state index is 14.2. The van der Waals surface area contributed by atoms with E-state index in [-0.39, 0.29) is 12.5 Å². The third-order valence-corrected chi connectivity index (χ3v) is 8.20. The number of amides is 1. The fraction of sp³-hybridized carbons (Fsp3) is 0.355. The number of nitrogens with zero attached hydrogens (tertiary/aromatic N) is 2. The molecule has 0 fully saturated rings. The van der Waals surface area contributed by atoms with Gasteiger partial charge in [-0.15, -0.1) is 0 Å². The first kappa shape index (κ1) is 30.2. The Labute approximate surface area is 252 Å². The summed E-state index contributed by atoms with van der Waals surface area (Å²) < 4.78 is 14.1. The molecule has 0 aliphatic carbocycles. The summed E-state index contributed by atoms with van der Waals surface area (Å²) in [7, 11) is 4.03. The van der Waals surface area contributed by atoms with Crippen LogP contribution in [0.3, 0.4) is 0 Å². The maximum atomic E-state index is 14.2. The van der Waals surface area contributed by atoms with Crippen molar-refractivity contribution in [3.8, 4) is 5.75 Å². The Hall–Kier alpha value is -2.72. The second-order valence-corrected chi connectivity index (χ2v) is 11.7. The average molecular weight is 673 g/mol. The van der Waals surface area contributed by atoms with Gasteiger partial charge in [0.2, 0.25) is 5.90 Å². The zero-order valence-corrected chi connectivity index (χ0v) is 25.9. The molecule has 2 N–H and O–H groups in total. The molecule has 212 valence electrons. The van der Waals surface area contributed by atoms with Crippen molar-refractivity contribution in [1.82, 2.24) is 10.2 Å². The standard InChI is InChI=1S/C31H35Br2N3O4/c1-36(2)18-7-17-34-30(38)31(21-23-9-3-5-11-26(23)32)28(25-10-4-6-12-27(25)33)40-29(35-31)22-13-15-24(16-14-22)39-20-8-19-37/h3-6,9-16,28,37H,7-8,17-21H2,1-2H3,(H,34,38)/t28-,31-/m1/s1. The summed E-state index contributed by atoms with van der Waals surface area (Å²) in [5.74, 6) is 0.913. The minimum atomic E-state index is -1.25. The molecule has 0 spiro atoms. The van der Waals surface area contributed by atoms with E-state index in [0.717, 1.165) is 38.6 Å². The molecule has 1 aliphatic heterocycles. The first-order chi connectivity index (χ1) is 19.3. The highest BCUT2D eigenvalue weighted by molar-refractivity contribution is 9.10. The molecule has 40 heavy (non-hydrogen) atoms. The molecule has 2 atom stereocenters. The predicted molar refractivity (Wildman–Crippen MR) is 165 cm³/mol. The maximum Gasteiger partial charge on any atom is 0.252 e. The van der Waals surface area contributed by atoms with E-state index in [1.165, 1.54) is 0 Å². The molecule has 1 amide bonds. The molecule has 0 unspecified atom stereocenters. The molecule has 0 bridgehead atoms. The topological polar surface area (TPSA) is 83.4 Å². The molecule has 1 heterocycles. The van der Waals surface area contributed by atoms with E-state index in [9.17, 15) is 4.79 Å². The number of ether oxygens (including phenoxy) is 2. The van der Waals surface area contributed by atoms with Crippen molar-refractivity contribution in [2.24, 2.45) is 4.99 Å². The zero-order valence-electron chi connectivity index (χ0n) is 22.8. The number of carbonyl (C=O) groups is 1. The van der Waals surface area contributed by atoms with Crippen LogP contribution in [0, 0.1) is 0 Å². The number of rotatable bonds is 13. The highest BCUT2D eigenvalue weighted by Crippen LogP contribution is 2.45. The van der Waals surface area contributed by atoms with Crippen LogP contribution in [0.2, 0.25) is 0 Å². The molecule has 7 nitrogen and oxygen atoms in total. The van der Waals surface area contributed by atoms with Crippen LogP contribution < -0.4 is 10.1 Å². The molecular weight excluding hydrogens is 638 g/mol. The lowest BCUT2D eigenvalue weighted by Gasteiger charge is -2.31. The molecule has 4 rings (SSSR count). The Kier molecular flexibility index (Phi) is 10.8. The number of aliphatic hydroxyl groups excluding tert-OH is 1. The van der Waals surface area contributed by atoms with Gasteiger partial charge in [0.15, 0.2) is 11.6 Å². The Bertz CT molecular complexity index is 1320. The van der Waals surface area contributed by atoms with E-state index in [4.69, 9.17) is 19.6 Å². The van der Waals surface area contributed by atoms with E-state index in [1.807, 2.05) is 86.9 Å². The van der Waals surface area contributed by atoms with Crippen LogP contribution in [-0.2, 0) is 16.0 Å². The molecule has 0 aromatic heterocycles. The predicted octanol–water partition coefficient (Wildman–Crippen LogP) is 5.54. The highest BCUT2D eigenvalue weighted by Gasteiger charge is 2.53. The third-order valence-electron chi connectivity index (χ3n) is 6.70. The summed E-state index contributed by atoms with van der Waals surface area (Å²) in [6.45, 7) is 1.90. The van der Waals surface area contributed by atoms with E-state index in [2.05, 4.69) is 42.1 Å². The van der Waals surface area contributed by atoms with Crippen molar-refractivity contribution in [3.05, 3.63) is 98.4 Å². The molecule has 0 saturated carbocycles. The molecule has 0 saturated heterocycles. The van der Waals surface area contributed by atoms with Crippen LogP contribution in [0.5, 0.6) is 5.75 Å². The molecule has 3 aromatic rings. The molecule has 0 radical (unpaired) electrons. The number of halogens is 2. The highest BCUT2D eigenvalue weighted by atomic mass is 79.9. The number of aliphatic imine (C=N–C) groups is 1. The van der Waals surface area contributed by atoms with Crippen LogP contribution in [0.1, 0.15) is 35.6 Å². The smallest absolute Gasteiger partial charge is 0.252 e. The van der Waals surface area contributed by atoms with E-state index in [0.29, 0.717) is 37.6 Å². The Morgan fingerprint density at radius 2 is 1.73 bits per heavy atom. The van der Waals surface area contributed by atoms with Gasteiger partial charge in [0, 0.05) is 46.1 Å². The number of hydrogen-bond donors (Lipinski definition) is 2. The van der Waals surface area contributed by atoms with Gasteiger partial charge in [-0.25, -0.2) is 4.99 Å². The van der Waals surface area contributed by atoms with Gasteiger partial charge in [-0.3, -0.25) is 4.79 Å². The van der Waals surface area contributed by atoms with Crippen molar-refractivity contribution in [1.29, 1.82) is 0 Å². The summed E-state index contributed by atoms with van der Waals surface area (Å²) >= 11 is 7.37. The average Bonchev–Trinajstić information content (AvgIpc) is 3.33. The van der Waals surface area contributed by atoms with Crippen molar-refractivity contribution in [2.75, 3.05) is 40.4 Å². The van der Waals surface area contributed by atoms with Crippen molar-refractivity contribution in [2.45, 2.75) is 30.9 Å². The van der Waals surface area contributed by atoms with Crippen LogP contribution in [0.15, 0.2) is 86.7 Å². The number of aliphatic hydroxyl groups is 1. The van der Waals surface area contributed by atoms with Crippen LogP contribution in [0.25, 0.3) is 0 Å². The van der Waals surface area contributed by atoms with Gasteiger partial charge < -0.3 is 24.8 Å². The Morgan fingerprint density at radius 3 is 2.40 bits per heavy atom. The summed E-state index contributed by atoms with van der Waals surface area (Å²) in [4.78, 5) is 21.4.